The van der Waals surface area contributed by atoms with Gasteiger partial charge in [0.25, 0.3) is 0 Å². The van der Waals surface area contributed by atoms with Crippen LogP contribution in [0.2, 0.25) is 0 Å². The highest BCUT2D eigenvalue weighted by atomic mass is 32.2. The zero-order chi connectivity index (χ0) is 10.8. The van der Waals surface area contributed by atoms with Gasteiger partial charge >= 0.3 is 0 Å². The standard InChI is InChI=1S/C8H16N2O3S/c1-14(12,13)10-4-2-7(3-5-10)6-8(9)11/h7H,2-6H2,1H3,(H2,9,11). The van der Waals surface area contributed by atoms with Gasteiger partial charge in [0.05, 0.1) is 6.26 Å². The fourth-order valence-electron chi connectivity index (χ4n) is 1.73. The molecular weight excluding hydrogens is 204 g/mol. The van der Waals surface area contributed by atoms with Crippen LogP contribution in [-0.4, -0.2) is 38.0 Å². The Kier molecular flexibility index (Phi) is 3.49. The number of carbonyl (C=O) groups is 1. The number of primary amides is 1. The highest BCUT2D eigenvalue weighted by Gasteiger charge is 2.25. The van der Waals surface area contributed by atoms with E-state index >= 15 is 0 Å². The van der Waals surface area contributed by atoms with E-state index in [9.17, 15) is 13.2 Å². The average molecular weight is 220 g/mol. The largest absolute Gasteiger partial charge is 0.370 e. The lowest BCUT2D eigenvalue weighted by Crippen LogP contribution is -2.38. The molecule has 14 heavy (non-hydrogen) atoms. The minimum Gasteiger partial charge on any atom is -0.370 e. The Morgan fingerprint density at radius 3 is 2.29 bits per heavy atom. The monoisotopic (exact) mass is 220 g/mol. The molecule has 0 bridgehead atoms. The molecule has 1 heterocycles. The summed E-state index contributed by atoms with van der Waals surface area (Å²) in [5.74, 6) is -0.0479. The van der Waals surface area contributed by atoms with E-state index in [1.807, 2.05) is 0 Å². The van der Waals surface area contributed by atoms with E-state index in [2.05, 4.69) is 0 Å². The molecule has 0 aromatic rings. The van der Waals surface area contributed by atoms with Crippen molar-refractivity contribution in [3.63, 3.8) is 0 Å². The number of carbonyl (C=O) groups excluding carboxylic acids is 1. The molecule has 1 amide bonds. The van der Waals surface area contributed by atoms with Crippen molar-refractivity contribution in [2.45, 2.75) is 19.3 Å². The van der Waals surface area contributed by atoms with Gasteiger partial charge in [-0.3, -0.25) is 4.79 Å². The number of nitrogens with zero attached hydrogens (tertiary/aromatic N) is 1. The van der Waals surface area contributed by atoms with E-state index in [-0.39, 0.29) is 11.8 Å². The molecule has 2 N–H and O–H groups in total. The molecule has 0 radical (unpaired) electrons. The summed E-state index contributed by atoms with van der Waals surface area (Å²) in [6.07, 6.45) is 3.05. The lowest BCUT2D eigenvalue weighted by molar-refractivity contribution is -0.119. The molecule has 0 unspecified atom stereocenters. The second-order valence-corrected chi connectivity index (χ2v) is 5.76. The maximum Gasteiger partial charge on any atom is 0.217 e. The highest BCUT2D eigenvalue weighted by Crippen LogP contribution is 2.21. The van der Waals surface area contributed by atoms with Crippen LogP contribution in [0.5, 0.6) is 0 Å². The first-order chi connectivity index (χ1) is 6.39. The summed E-state index contributed by atoms with van der Waals surface area (Å²) in [6.45, 7) is 1.02. The molecule has 1 rings (SSSR count). The van der Waals surface area contributed by atoms with E-state index in [1.165, 1.54) is 10.6 Å². The molecule has 5 nitrogen and oxygen atoms in total. The third-order valence-corrected chi connectivity index (χ3v) is 3.84. The second kappa shape index (κ2) is 4.27. The van der Waals surface area contributed by atoms with Gasteiger partial charge < -0.3 is 5.73 Å². The number of sulfonamides is 1. The Hall–Kier alpha value is -0.620. The average Bonchev–Trinajstić information content (AvgIpc) is 2.02. The maximum atomic E-state index is 11.1. The Morgan fingerprint density at radius 1 is 1.43 bits per heavy atom. The number of hydrogen-bond donors (Lipinski definition) is 1. The molecule has 1 aliphatic heterocycles. The minimum atomic E-state index is -3.06. The maximum absolute atomic E-state index is 11.1. The molecule has 0 saturated carbocycles. The predicted octanol–water partition coefficient (Wildman–Crippen LogP) is -0.467. The normalized spacial score (nSPS) is 20.9. The van der Waals surface area contributed by atoms with Crippen LogP contribution in [0.1, 0.15) is 19.3 Å². The first kappa shape index (κ1) is 11.5. The van der Waals surface area contributed by atoms with Crippen molar-refractivity contribution in [1.82, 2.24) is 4.31 Å². The van der Waals surface area contributed by atoms with Crippen molar-refractivity contribution < 1.29 is 13.2 Å². The number of piperidine rings is 1. The Morgan fingerprint density at radius 2 is 1.93 bits per heavy atom. The molecule has 82 valence electrons. The summed E-state index contributed by atoms with van der Waals surface area (Å²) in [6, 6.07) is 0. The SMILES string of the molecule is CS(=O)(=O)N1CCC(CC(N)=O)CC1. The first-order valence-electron chi connectivity index (χ1n) is 4.63. The molecule has 0 aliphatic carbocycles. The number of rotatable bonds is 3. The van der Waals surface area contributed by atoms with Gasteiger partial charge in [-0.2, -0.15) is 0 Å². The van der Waals surface area contributed by atoms with Crippen LogP contribution in [0.3, 0.4) is 0 Å². The zero-order valence-electron chi connectivity index (χ0n) is 8.27. The van der Waals surface area contributed by atoms with Crippen molar-refractivity contribution in [3.8, 4) is 0 Å². The van der Waals surface area contributed by atoms with Gasteiger partial charge in [-0.1, -0.05) is 0 Å². The van der Waals surface area contributed by atoms with Crippen LogP contribution in [0.4, 0.5) is 0 Å². The molecule has 0 spiro atoms. The molecule has 1 fully saturated rings. The summed E-state index contributed by atoms with van der Waals surface area (Å²) in [4.78, 5) is 10.6. The highest BCUT2D eigenvalue weighted by molar-refractivity contribution is 7.88. The predicted molar refractivity (Wildman–Crippen MR) is 53.0 cm³/mol. The van der Waals surface area contributed by atoms with Gasteiger partial charge in [-0.05, 0) is 18.8 Å². The fourth-order valence-corrected chi connectivity index (χ4v) is 2.60. The van der Waals surface area contributed by atoms with Gasteiger partial charge in [0.15, 0.2) is 0 Å². The fraction of sp³-hybridized carbons (Fsp3) is 0.875. The summed E-state index contributed by atoms with van der Waals surface area (Å²) in [5, 5.41) is 0. The van der Waals surface area contributed by atoms with Crippen LogP contribution in [0.15, 0.2) is 0 Å². The molecule has 0 atom stereocenters. The molecule has 0 aromatic heterocycles. The van der Waals surface area contributed by atoms with E-state index in [0.29, 0.717) is 19.5 Å². The lowest BCUT2D eigenvalue weighted by Gasteiger charge is -2.29. The molecular formula is C8H16N2O3S. The number of hydrogen-bond acceptors (Lipinski definition) is 3. The van der Waals surface area contributed by atoms with Gasteiger partial charge in [0.2, 0.25) is 15.9 Å². The third-order valence-electron chi connectivity index (χ3n) is 2.53. The topological polar surface area (TPSA) is 80.5 Å². The van der Waals surface area contributed by atoms with E-state index in [1.54, 1.807) is 0 Å². The third kappa shape index (κ3) is 3.26. The molecule has 0 aromatic carbocycles. The Balaban J connectivity index is 2.43. The summed E-state index contributed by atoms with van der Waals surface area (Å²) >= 11 is 0. The lowest BCUT2D eigenvalue weighted by atomic mass is 9.94. The molecule has 6 heteroatoms. The first-order valence-corrected chi connectivity index (χ1v) is 6.48. The molecule has 1 aliphatic rings. The summed E-state index contributed by atoms with van der Waals surface area (Å²) in [5.41, 5.74) is 5.07. The molecule has 1 saturated heterocycles. The van der Waals surface area contributed by atoms with Crippen molar-refractivity contribution in [2.24, 2.45) is 11.7 Å². The summed E-state index contributed by atoms with van der Waals surface area (Å²) < 4.78 is 23.7. The van der Waals surface area contributed by atoms with Crippen LogP contribution < -0.4 is 5.73 Å². The Labute approximate surface area is 84.3 Å². The van der Waals surface area contributed by atoms with E-state index < -0.39 is 10.0 Å². The van der Waals surface area contributed by atoms with E-state index in [0.717, 1.165) is 12.8 Å². The number of nitrogens with two attached hydrogens (primary N) is 1. The zero-order valence-corrected chi connectivity index (χ0v) is 9.09. The van der Waals surface area contributed by atoms with Gasteiger partial charge in [0.1, 0.15) is 0 Å². The summed E-state index contributed by atoms with van der Waals surface area (Å²) in [7, 11) is -3.06. The van der Waals surface area contributed by atoms with Gasteiger partial charge in [-0.15, -0.1) is 0 Å². The second-order valence-electron chi connectivity index (χ2n) is 3.78. The van der Waals surface area contributed by atoms with Crippen LogP contribution in [-0.2, 0) is 14.8 Å². The van der Waals surface area contributed by atoms with Crippen molar-refractivity contribution in [2.75, 3.05) is 19.3 Å². The smallest absolute Gasteiger partial charge is 0.217 e. The van der Waals surface area contributed by atoms with Gasteiger partial charge in [-0.25, -0.2) is 12.7 Å². The van der Waals surface area contributed by atoms with Crippen LogP contribution in [0, 0.1) is 5.92 Å². The van der Waals surface area contributed by atoms with Crippen molar-refractivity contribution in [3.05, 3.63) is 0 Å². The Bertz CT molecular complexity index is 305. The van der Waals surface area contributed by atoms with Gasteiger partial charge in [0, 0.05) is 19.5 Å². The minimum absolute atomic E-state index is 0.255. The number of amides is 1. The van der Waals surface area contributed by atoms with Crippen molar-refractivity contribution >= 4 is 15.9 Å². The van der Waals surface area contributed by atoms with Crippen LogP contribution in [0.25, 0.3) is 0 Å². The van der Waals surface area contributed by atoms with Crippen molar-refractivity contribution in [1.29, 1.82) is 0 Å². The van der Waals surface area contributed by atoms with E-state index in [4.69, 9.17) is 5.73 Å². The van der Waals surface area contributed by atoms with Crippen LogP contribution >= 0.6 is 0 Å². The quantitative estimate of drug-likeness (QED) is 0.698.